The van der Waals surface area contributed by atoms with Gasteiger partial charge in [0.25, 0.3) is 5.91 Å². The summed E-state index contributed by atoms with van der Waals surface area (Å²) in [6.45, 7) is 2.97. The molecule has 0 aliphatic rings. The lowest BCUT2D eigenvalue weighted by Crippen LogP contribution is -2.27. The van der Waals surface area contributed by atoms with Crippen molar-refractivity contribution in [2.45, 2.75) is 25.1 Å². The molecule has 0 spiro atoms. The molecule has 0 aromatic carbocycles. The quantitative estimate of drug-likeness (QED) is 0.764. The van der Waals surface area contributed by atoms with Crippen molar-refractivity contribution in [3.63, 3.8) is 0 Å². The highest BCUT2D eigenvalue weighted by Crippen LogP contribution is 2.11. The van der Waals surface area contributed by atoms with Gasteiger partial charge < -0.3 is 14.5 Å². The number of carbonyl (C=O) groups is 1. The summed E-state index contributed by atoms with van der Waals surface area (Å²) >= 11 is 5.95. The topological polar surface area (TPSA) is 51.5 Å². The average Bonchev–Trinajstić information content (AvgIpc) is 2.77. The lowest BCUT2D eigenvalue weighted by atomic mass is 10.2. The first-order chi connectivity index (χ1) is 8.19. The van der Waals surface area contributed by atoms with E-state index in [0.717, 1.165) is 0 Å². The van der Waals surface area contributed by atoms with Crippen molar-refractivity contribution in [3.8, 4) is 0 Å². The van der Waals surface area contributed by atoms with Crippen molar-refractivity contribution in [3.05, 3.63) is 23.7 Å². The SMILES string of the molecule is CCc1occc1C(=O)NCCC(Cl)COC. The minimum atomic E-state index is -0.114. The predicted octanol–water partition coefficient (Wildman–Crippen LogP) is 2.22. The Bertz CT molecular complexity index is 351. The molecule has 1 aromatic heterocycles. The third-order valence-corrected chi connectivity index (χ3v) is 2.75. The third kappa shape index (κ3) is 4.40. The average molecular weight is 260 g/mol. The van der Waals surface area contributed by atoms with Crippen molar-refractivity contribution >= 4 is 17.5 Å². The number of ether oxygens (including phenoxy) is 1. The number of furan rings is 1. The highest BCUT2D eigenvalue weighted by atomic mass is 35.5. The van der Waals surface area contributed by atoms with Crippen LogP contribution in [0.25, 0.3) is 0 Å². The number of carbonyl (C=O) groups excluding carboxylic acids is 1. The summed E-state index contributed by atoms with van der Waals surface area (Å²) in [7, 11) is 1.60. The molecule has 0 saturated heterocycles. The molecule has 0 aliphatic carbocycles. The van der Waals surface area contributed by atoms with Gasteiger partial charge in [-0.05, 0) is 12.5 Å². The number of nitrogens with one attached hydrogen (secondary N) is 1. The zero-order chi connectivity index (χ0) is 12.7. The van der Waals surface area contributed by atoms with Gasteiger partial charge in [0.1, 0.15) is 5.76 Å². The Hall–Kier alpha value is -1.00. The molecule has 1 rings (SSSR count). The molecule has 0 bridgehead atoms. The van der Waals surface area contributed by atoms with Crippen molar-refractivity contribution in [2.24, 2.45) is 0 Å². The third-order valence-electron chi connectivity index (χ3n) is 2.40. The maximum absolute atomic E-state index is 11.8. The second kappa shape index (κ2) is 7.35. The molecular weight excluding hydrogens is 242 g/mol. The first-order valence-corrected chi connectivity index (χ1v) is 6.10. The molecule has 4 nitrogen and oxygen atoms in total. The van der Waals surface area contributed by atoms with Crippen LogP contribution in [-0.4, -0.2) is 31.5 Å². The van der Waals surface area contributed by atoms with Crippen molar-refractivity contribution in [1.29, 1.82) is 0 Å². The van der Waals surface area contributed by atoms with Gasteiger partial charge in [-0.25, -0.2) is 0 Å². The molecule has 1 heterocycles. The summed E-state index contributed by atoms with van der Waals surface area (Å²) < 4.78 is 10.1. The van der Waals surface area contributed by atoms with E-state index >= 15 is 0 Å². The summed E-state index contributed by atoms with van der Waals surface area (Å²) in [5.41, 5.74) is 0.602. The van der Waals surface area contributed by atoms with E-state index in [0.29, 0.717) is 37.3 Å². The monoisotopic (exact) mass is 259 g/mol. The number of aryl methyl sites for hydroxylation is 1. The van der Waals surface area contributed by atoms with E-state index in [9.17, 15) is 4.79 Å². The van der Waals surface area contributed by atoms with E-state index in [-0.39, 0.29) is 11.3 Å². The Morgan fingerprint density at radius 1 is 1.65 bits per heavy atom. The van der Waals surface area contributed by atoms with E-state index in [1.165, 1.54) is 6.26 Å². The van der Waals surface area contributed by atoms with Crippen molar-refractivity contribution in [2.75, 3.05) is 20.3 Å². The minimum Gasteiger partial charge on any atom is -0.469 e. The Kier molecular flexibility index (Phi) is 6.08. The van der Waals surface area contributed by atoms with Gasteiger partial charge in [-0.2, -0.15) is 0 Å². The van der Waals surface area contributed by atoms with Crippen molar-refractivity contribution < 1.29 is 13.9 Å². The standard InChI is InChI=1S/C12H18ClNO3/c1-3-11-10(5-7-17-11)12(15)14-6-4-9(13)8-16-2/h5,7,9H,3-4,6,8H2,1-2H3,(H,14,15). The molecule has 5 heteroatoms. The van der Waals surface area contributed by atoms with Crippen LogP contribution in [0, 0.1) is 0 Å². The summed E-state index contributed by atoms with van der Waals surface area (Å²) in [6, 6.07) is 1.68. The molecule has 0 saturated carbocycles. The molecule has 0 radical (unpaired) electrons. The Morgan fingerprint density at radius 3 is 3.06 bits per heavy atom. The van der Waals surface area contributed by atoms with E-state index in [1.54, 1.807) is 13.2 Å². The number of hydrogen-bond donors (Lipinski definition) is 1. The fourth-order valence-corrected chi connectivity index (χ4v) is 1.75. The number of halogens is 1. The van der Waals surface area contributed by atoms with Gasteiger partial charge in [0, 0.05) is 20.1 Å². The lowest BCUT2D eigenvalue weighted by Gasteiger charge is -2.09. The molecule has 1 atom stereocenters. The van der Waals surface area contributed by atoms with E-state index in [4.69, 9.17) is 20.8 Å². The van der Waals surface area contributed by atoms with Gasteiger partial charge in [-0.1, -0.05) is 6.92 Å². The molecule has 1 amide bonds. The zero-order valence-electron chi connectivity index (χ0n) is 10.2. The van der Waals surface area contributed by atoms with Crippen LogP contribution >= 0.6 is 11.6 Å². The number of alkyl halides is 1. The number of amides is 1. The van der Waals surface area contributed by atoms with E-state index in [1.807, 2.05) is 6.92 Å². The fraction of sp³-hybridized carbons (Fsp3) is 0.583. The molecule has 0 fully saturated rings. The highest BCUT2D eigenvalue weighted by Gasteiger charge is 2.13. The first-order valence-electron chi connectivity index (χ1n) is 5.66. The van der Waals surface area contributed by atoms with Crippen LogP contribution < -0.4 is 5.32 Å². The molecule has 1 N–H and O–H groups in total. The Morgan fingerprint density at radius 2 is 2.41 bits per heavy atom. The lowest BCUT2D eigenvalue weighted by molar-refractivity contribution is 0.0950. The smallest absolute Gasteiger partial charge is 0.254 e. The number of methoxy groups -OCH3 is 1. The minimum absolute atomic E-state index is 0.0738. The van der Waals surface area contributed by atoms with Crippen LogP contribution in [-0.2, 0) is 11.2 Å². The molecular formula is C12H18ClNO3. The maximum Gasteiger partial charge on any atom is 0.254 e. The predicted molar refractivity (Wildman–Crippen MR) is 66.6 cm³/mol. The van der Waals surface area contributed by atoms with Gasteiger partial charge in [-0.3, -0.25) is 4.79 Å². The summed E-state index contributed by atoms with van der Waals surface area (Å²) in [6.07, 6.45) is 2.92. The van der Waals surface area contributed by atoms with Crippen LogP contribution in [0.5, 0.6) is 0 Å². The van der Waals surface area contributed by atoms with Crippen LogP contribution in [0.2, 0.25) is 0 Å². The van der Waals surface area contributed by atoms with Crippen LogP contribution in [0.3, 0.4) is 0 Å². The second-order valence-electron chi connectivity index (χ2n) is 3.71. The normalized spacial score (nSPS) is 12.4. The first kappa shape index (κ1) is 14.1. The van der Waals surface area contributed by atoms with Crippen LogP contribution in [0.15, 0.2) is 16.7 Å². The van der Waals surface area contributed by atoms with Crippen LogP contribution in [0.1, 0.15) is 29.5 Å². The Balaban J connectivity index is 2.35. The largest absolute Gasteiger partial charge is 0.469 e. The molecule has 96 valence electrons. The highest BCUT2D eigenvalue weighted by molar-refractivity contribution is 6.20. The summed E-state index contributed by atoms with van der Waals surface area (Å²) in [4.78, 5) is 11.8. The van der Waals surface area contributed by atoms with Gasteiger partial charge in [0.05, 0.1) is 23.8 Å². The van der Waals surface area contributed by atoms with Gasteiger partial charge in [-0.15, -0.1) is 11.6 Å². The van der Waals surface area contributed by atoms with Gasteiger partial charge >= 0.3 is 0 Å². The van der Waals surface area contributed by atoms with Crippen molar-refractivity contribution in [1.82, 2.24) is 5.32 Å². The molecule has 1 aromatic rings. The molecule has 1 unspecified atom stereocenters. The molecule has 17 heavy (non-hydrogen) atoms. The van der Waals surface area contributed by atoms with E-state index in [2.05, 4.69) is 5.32 Å². The van der Waals surface area contributed by atoms with E-state index < -0.39 is 0 Å². The number of hydrogen-bond acceptors (Lipinski definition) is 3. The number of rotatable bonds is 7. The van der Waals surface area contributed by atoms with Gasteiger partial charge in [0.2, 0.25) is 0 Å². The summed E-state index contributed by atoms with van der Waals surface area (Å²) in [5.74, 6) is 0.596. The maximum atomic E-state index is 11.8. The zero-order valence-corrected chi connectivity index (χ0v) is 10.9. The second-order valence-corrected chi connectivity index (χ2v) is 4.33. The molecule has 0 aliphatic heterocycles. The Labute approximate surface area is 106 Å². The fourth-order valence-electron chi connectivity index (χ4n) is 1.52. The van der Waals surface area contributed by atoms with Crippen LogP contribution in [0.4, 0.5) is 0 Å². The van der Waals surface area contributed by atoms with Gasteiger partial charge in [0.15, 0.2) is 0 Å². The summed E-state index contributed by atoms with van der Waals surface area (Å²) in [5, 5.41) is 2.74.